The highest BCUT2D eigenvalue weighted by atomic mass is 35.5. The lowest BCUT2D eigenvalue weighted by Crippen LogP contribution is -2.27. The van der Waals surface area contributed by atoms with Crippen LogP contribution in [-0.4, -0.2) is 50.4 Å². The monoisotopic (exact) mass is 494 g/mol. The second-order valence-electron chi connectivity index (χ2n) is 6.91. The van der Waals surface area contributed by atoms with Crippen LogP contribution in [0.25, 0.3) is 0 Å². The van der Waals surface area contributed by atoms with Gasteiger partial charge >= 0.3 is 5.97 Å². The highest BCUT2D eigenvalue weighted by Crippen LogP contribution is 2.33. The third-order valence-electron chi connectivity index (χ3n) is 4.51. The summed E-state index contributed by atoms with van der Waals surface area (Å²) in [5.41, 5.74) is 1.30. The minimum Gasteiger partial charge on any atom is -0.462 e. The maximum Gasteiger partial charge on any atom is 0.341 e. The van der Waals surface area contributed by atoms with Gasteiger partial charge in [0.1, 0.15) is 5.00 Å². The predicted molar refractivity (Wildman–Crippen MR) is 130 cm³/mol. The molecule has 2 rings (SSSR count). The number of thiophene rings is 1. The van der Waals surface area contributed by atoms with Crippen LogP contribution in [0.2, 0.25) is 5.02 Å². The first-order chi connectivity index (χ1) is 15.7. The lowest BCUT2D eigenvalue weighted by Gasteiger charge is -2.13. The van der Waals surface area contributed by atoms with Crippen LogP contribution in [0.15, 0.2) is 18.2 Å². The molecule has 0 radical (unpaired) electrons. The molecule has 9 nitrogen and oxygen atoms in total. The van der Waals surface area contributed by atoms with Crippen molar-refractivity contribution in [2.45, 2.75) is 27.2 Å². The van der Waals surface area contributed by atoms with Crippen molar-refractivity contribution in [3.8, 4) is 0 Å². The molecule has 33 heavy (non-hydrogen) atoms. The summed E-state index contributed by atoms with van der Waals surface area (Å²) in [6.45, 7) is 5.69. The average molecular weight is 495 g/mol. The average Bonchev–Trinajstić information content (AvgIpc) is 3.11. The predicted octanol–water partition coefficient (Wildman–Crippen LogP) is 3.44. The lowest BCUT2D eigenvalue weighted by molar-refractivity contribution is -0.114. The topological polar surface area (TPSA) is 126 Å². The van der Waals surface area contributed by atoms with Crippen LogP contribution in [0.4, 0.5) is 10.7 Å². The zero-order chi connectivity index (χ0) is 24.5. The van der Waals surface area contributed by atoms with Gasteiger partial charge in [-0.2, -0.15) is 0 Å². The maximum atomic E-state index is 12.7. The van der Waals surface area contributed by atoms with E-state index in [4.69, 9.17) is 16.3 Å². The fourth-order valence-electron chi connectivity index (χ4n) is 2.92. The molecule has 2 aromatic rings. The molecule has 0 aliphatic carbocycles. The van der Waals surface area contributed by atoms with Crippen molar-refractivity contribution in [3.05, 3.63) is 44.8 Å². The van der Waals surface area contributed by atoms with Gasteiger partial charge in [-0.05, 0) is 44.0 Å². The molecule has 0 spiro atoms. The van der Waals surface area contributed by atoms with Crippen molar-refractivity contribution < 1.29 is 23.9 Å². The number of benzene rings is 1. The molecule has 178 valence electrons. The summed E-state index contributed by atoms with van der Waals surface area (Å²) in [6, 6.07) is 4.72. The fourth-order valence-corrected chi connectivity index (χ4v) is 4.25. The molecule has 0 aliphatic rings. The van der Waals surface area contributed by atoms with E-state index in [1.165, 1.54) is 7.05 Å². The molecule has 0 saturated heterocycles. The Morgan fingerprint density at radius 1 is 1.12 bits per heavy atom. The van der Waals surface area contributed by atoms with Gasteiger partial charge in [-0.25, -0.2) is 4.79 Å². The summed E-state index contributed by atoms with van der Waals surface area (Å²) in [5, 5.41) is 11.5. The number of hydrogen-bond donors (Lipinski definition) is 4. The molecule has 3 amide bonds. The van der Waals surface area contributed by atoms with E-state index in [0.29, 0.717) is 33.3 Å². The fraction of sp³-hybridized carbons (Fsp3) is 0.364. The molecule has 1 heterocycles. The van der Waals surface area contributed by atoms with E-state index in [9.17, 15) is 19.2 Å². The van der Waals surface area contributed by atoms with Crippen molar-refractivity contribution in [3.63, 3.8) is 0 Å². The first-order valence-electron chi connectivity index (χ1n) is 10.4. The Labute approximate surface area is 201 Å². The van der Waals surface area contributed by atoms with Gasteiger partial charge in [-0.15, -0.1) is 11.3 Å². The number of amides is 3. The van der Waals surface area contributed by atoms with E-state index in [-0.39, 0.29) is 35.5 Å². The molecular formula is C22H27ClN4O5S. The summed E-state index contributed by atoms with van der Waals surface area (Å²) >= 11 is 7.04. The number of hydrogen-bond acceptors (Lipinski definition) is 7. The number of carbonyl (C=O) groups excluding carboxylic acids is 4. The van der Waals surface area contributed by atoms with Gasteiger partial charge in [0, 0.05) is 24.3 Å². The van der Waals surface area contributed by atoms with E-state index in [1.54, 1.807) is 32.0 Å². The van der Waals surface area contributed by atoms with Crippen molar-refractivity contribution in [2.24, 2.45) is 0 Å². The maximum absolute atomic E-state index is 12.7. The molecule has 0 fully saturated rings. The van der Waals surface area contributed by atoms with Crippen LogP contribution < -0.4 is 21.3 Å². The number of carbonyl (C=O) groups is 4. The van der Waals surface area contributed by atoms with Crippen molar-refractivity contribution in [2.75, 3.05) is 37.4 Å². The van der Waals surface area contributed by atoms with Crippen molar-refractivity contribution >= 4 is 57.3 Å². The minimum absolute atomic E-state index is 0.135. The highest BCUT2D eigenvalue weighted by molar-refractivity contribution is 7.18. The zero-order valence-electron chi connectivity index (χ0n) is 18.9. The van der Waals surface area contributed by atoms with E-state index >= 15 is 0 Å². The summed E-state index contributed by atoms with van der Waals surface area (Å²) in [6.07, 6.45) is 0.783. The quantitative estimate of drug-likeness (QED) is 0.375. The van der Waals surface area contributed by atoms with Crippen molar-refractivity contribution in [1.29, 1.82) is 0 Å². The molecule has 0 unspecified atom stereocenters. The van der Waals surface area contributed by atoms with Gasteiger partial charge in [0.25, 0.3) is 11.8 Å². The highest BCUT2D eigenvalue weighted by Gasteiger charge is 2.26. The van der Waals surface area contributed by atoms with Crippen LogP contribution >= 0.6 is 22.9 Å². The van der Waals surface area contributed by atoms with E-state index in [0.717, 1.165) is 17.8 Å². The van der Waals surface area contributed by atoms with Gasteiger partial charge in [-0.3, -0.25) is 14.4 Å². The second-order valence-corrected chi connectivity index (χ2v) is 8.36. The van der Waals surface area contributed by atoms with E-state index in [2.05, 4.69) is 21.3 Å². The zero-order valence-corrected chi connectivity index (χ0v) is 20.5. The number of esters is 1. The molecular weight excluding hydrogens is 468 g/mol. The van der Waals surface area contributed by atoms with Crippen LogP contribution in [0.1, 0.15) is 56.2 Å². The Balaban J connectivity index is 2.22. The Morgan fingerprint density at radius 3 is 2.48 bits per heavy atom. The molecule has 1 aromatic heterocycles. The molecule has 4 N–H and O–H groups in total. The third-order valence-corrected chi connectivity index (χ3v) is 5.95. The lowest BCUT2D eigenvalue weighted by atomic mass is 10.1. The first kappa shape index (κ1) is 26.1. The van der Waals surface area contributed by atoms with Crippen LogP contribution in [0.3, 0.4) is 0 Å². The second kappa shape index (κ2) is 12.2. The van der Waals surface area contributed by atoms with Crippen LogP contribution in [0.5, 0.6) is 0 Å². The minimum atomic E-state index is -0.630. The summed E-state index contributed by atoms with van der Waals surface area (Å²) in [5.74, 6) is -1.77. The summed E-state index contributed by atoms with van der Waals surface area (Å²) in [7, 11) is 1.48. The number of rotatable bonds is 10. The number of ether oxygens (including phenoxy) is 1. The van der Waals surface area contributed by atoms with Crippen molar-refractivity contribution in [1.82, 2.24) is 10.6 Å². The molecule has 0 aliphatic heterocycles. The molecule has 11 heteroatoms. The number of halogens is 1. The van der Waals surface area contributed by atoms with Gasteiger partial charge in [-0.1, -0.05) is 18.5 Å². The Bertz CT molecular complexity index is 1050. The smallest absolute Gasteiger partial charge is 0.341 e. The Hall–Kier alpha value is -3.11. The summed E-state index contributed by atoms with van der Waals surface area (Å²) < 4.78 is 5.08. The van der Waals surface area contributed by atoms with Gasteiger partial charge in [0.05, 0.1) is 29.2 Å². The van der Waals surface area contributed by atoms with Gasteiger partial charge in [0.2, 0.25) is 5.91 Å². The SMILES string of the molecule is CCCNC(=O)c1ccc(Cl)cc1NCC(=O)Nc1sc(C(=O)NC)c(C)c1C(=O)OCC. The first-order valence-corrected chi connectivity index (χ1v) is 11.6. The molecule has 0 atom stereocenters. The summed E-state index contributed by atoms with van der Waals surface area (Å²) in [4.78, 5) is 50.0. The number of nitrogens with one attached hydrogen (secondary N) is 4. The van der Waals surface area contributed by atoms with Crippen LogP contribution in [0, 0.1) is 6.92 Å². The van der Waals surface area contributed by atoms with Gasteiger partial charge in [0.15, 0.2) is 0 Å². The largest absolute Gasteiger partial charge is 0.462 e. The Morgan fingerprint density at radius 2 is 1.85 bits per heavy atom. The number of anilines is 2. The normalized spacial score (nSPS) is 10.3. The molecule has 0 bridgehead atoms. The molecule has 0 saturated carbocycles. The van der Waals surface area contributed by atoms with Crippen LogP contribution in [-0.2, 0) is 9.53 Å². The van der Waals surface area contributed by atoms with E-state index in [1.807, 2.05) is 6.92 Å². The Kier molecular flexibility index (Phi) is 9.68. The standard InChI is InChI=1S/C22H27ClN4O5S/c1-5-9-25-19(29)14-8-7-13(23)10-15(14)26-11-16(28)27-21-17(22(31)32-6-2)12(3)18(33-21)20(30)24-4/h7-8,10,26H,5-6,9,11H2,1-4H3,(H,24,30)(H,25,29)(H,27,28). The van der Waals surface area contributed by atoms with Gasteiger partial charge < -0.3 is 26.0 Å². The van der Waals surface area contributed by atoms with E-state index < -0.39 is 11.9 Å². The molecule has 1 aromatic carbocycles. The third kappa shape index (κ3) is 6.69.